The van der Waals surface area contributed by atoms with Crippen molar-refractivity contribution in [1.29, 1.82) is 0 Å². The molecule has 282 valence electrons. The molecule has 0 N–H and O–H groups in total. The molecule has 0 spiro atoms. The molecule has 1 aromatic rings. The molecular weight excluding hydrogens is 631 g/mol. The summed E-state index contributed by atoms with van der Waals surface area (Å²) in [4.78, 5) is 31.2. The van der Waals surface area contributed by atoms with Crippen LogP contribution in [0.5, 0.6) is 0 Å². The molecule has 3 saturated carbocycles. The lowest BCUT2D eigenvalue weighted by atomic mass is 9.43. The number of unbranched alkanes of at least 4 members (excludes halogenated alkanes) is 16. The fourth-order valence-corrected chi connectivity index (χ4v) is 8.54. The molecule has 49 heavy (non-hydrogen) atoms. The van der Waals surface area contributed by atoms with E-state index in [0.717, 1.165) is 70.0 Å². The van der Waals surface area contributed by atoms with Gasteiger partial charge in [-0.2, -0.15) is 11.8 Å². The van der Waals surface area contributed by atoms with Gasteiger partial charge in [-0.1, -0.05) is 103 Å². The van der Waals surface area contributed by atoms with Crippen LogP contribution in [-0.2, 0) is 25.6 Å². The molecule has 8 heteroatoms. The van der Waals surface area contributed by atoms with Crippen LogP contribution < -0.4 is 0 Å². The van der Waals surface area contributed by atoms with Gasteiger partial charge in [-0.15, -0.1) is 0 Å². The number of nitrogens with zero attached hydrogens (tertiary/aromatic N) is 3. The van der Waals surface area contributed by atoms with Gasteiger partial charge in [-0.3, -0.25) is 9.59 Å². The summed E-state index contributed by atoms with van der Waals surface area (Å²) in [7, 11) is 0. The zero-order chi connectivity index (χ0) is 34.7. The van der Waals surface area contributed by atoms with Crippen molar-refractivity contribution in [2.75, 3.05) is 44.4 Å². The monoisotopic (exact) mass is 704 g/mol. The summed E-state index contributed by atoms with van der Waals surface area (Å²) in [6, 6.07) is 0. The van der Waals surface area contributed by atoms with E-state index in [9.17, 15) is 9.59 Å². The number of rotatable bonds is 35. The number of carbonyl (C=O) groups excluding carboxylic acids is 2. The van der Waals surface area contributed by atoms with E-state index in [4.69, 9.17) is 9.47 Å². The maximum Gasteiger partial charge on any atom is 0.307 e. The van der Waals surface area contributed by atoms with Crippen LogP contribution in [0.25, 0.3) is 0 Å². The van der Waals surface area contributed by atoms with Gasteiger partial charge in [0.2, 0.25) is 0 Å². The third kappa shape index (κ3) is 20.2. The lowest BCUT2D eigenvalue weighted by Crippen LogP contribution is -2.52. The Hall–Kier alpha value is -1.54. The van der Waals surface area contributed by atoms with Crippen LogP contribution in [0, 0.1) is 11.3 Å². The maximum absolute atomic E-state index is 12.5. The number of aromatic nitrogens is 2. The highest BCUT2D eigenvalue weighted by Gasteiger charge is 2.57. The van der Waals surface area contributed by atoms with Crippen LogP contribution in [0.15, 0.2) is 18.7 Å². The second kappa shape index (κ2) is 27.2. The summed E-state index contributed by atoms with van der Waals surface area (Å²) in [5.41, 5.74) is 0.347. The van der Waals surface area contributed by atoms with E-state index >= 15 is 0 Å². The Kier molecular flexibility index (Phi) is 23.2. The quantitative estimate of drug-likeness (QED) is 0.0515. The first-order chi connectivity index (χ1) is 24.1. The SMILES string of the molecule is CCCCCCCCCCCCCCSCCCOC(=O)CCN(CCCCCCCCOC(=O)CC12CC(C1)C2)CCCn1ccnc1. The third-order valence-corrected chi connectivity index (χ3v) is 11.9. The first-order valence-corrected chi connectivity index (χ1v) is 21.8. The molecule has 0 aromatic carbocycles. The molecule has 0 unspecified atom stereocenters. The van der Waals surface area contributed by atoms with E-state index < -0.39 is 0 Å². The molecular formula is C41H73N3O4S. The van der Waals surface area contributed by atoms with Crippen molar-refractivity contribution in [2.24, 2.45) is 11.3 Å². The first kappa shape index (κ1) is 41.9. The fourth-order valence-electron chi connectivity index (χ4n) is 7.61. The molecule has 0 atom stereocenters. The van der Waals surface area contributed by atoms with E-state index in [2.05, 4.69) is 21.4 Å². The van der Waals surface area contributed by atoms with Gasteiger partial charge in [0, 0.05) is 25.5 Å². The maximum atomic E-state index is 12.5. The Morgan fingerprint density at radius 2 is 1.29 bits per heavy atom. The van der Waals surface area contributed by atoms with Crippen molar-refractivity contribution < 1.29 is 19.1 Å². The van der Waals surface area contributed by atoms with Crippen LogP contribution in [0.1, 0.15) is 167 Å². The number of hydrogen-bond donors (Lipinski definition) is 0. The number of carbonyl (C=O) groups is 2. The average Bonchev–Trinajstić information content (AvgIpc) is 3.58. The van der Waals surface area contributed by atoms with Crippen LogP contribution in [0.2, 0.25) is 0 Å². The molecule has 0 amide bonds. The number of imidazole rings is 1. The molecule has 0 aliphatic heterocycles. The van der Waals surface area contributed by atoms with Gasteiger partial charge in [0.15, 0.2) is 0 Å². The summed E-state index contributed by atoms with van der Waals surface area (Å²) in [6.07, 6.45) is 36.2. The molecule has 2 bridgehead atoms. The number of aryl methyl sites for hydroxylation is 1. The zero-order valence-corrected chi connectivity index (χ0v) is 32.3. The standard InChI is InChI=1S/C41H73N3O4S/c1-2-3-4-5-6-7-8-9-10-13-16-19-31-49-32-21-30-47-39(45)22-27-43(25-20-26-44-28-23-42-37-44)24-17-14-11-12-15-18-29-48-40(46)36-41-33-38(34-41)35-41/h23,28,37-38H,2-22,24-27,29-36H2,1H3. The van der Waals surface area contributed by atoms with Crippen molar-refractivity contribution in [1.82, 2.24) is 14.5 Å². The molecule has 1 aromatic heterocycles. The molecule has 7 nitrogen and oxygen atoms in total. The van der Waals surface area contributed by atoms with Crippen LogP contribution in [0.4, 0.5) is 0 Å². The average molecular weight is 704 g/mol. The van der Waals surface area contributed by atoms with Crippen molar-refractivity contribution in [3.63, 3.8) is 0 Å². The number of esters is 2. The number of hydrogen-bond acceptors (Lipinski definition) is 7. The van der Waals surface area contributed by atoms with Gasteiger partial charge in [0.05, 0.1) is 32.4 Å². The first-order valence-electron chi connectivity index (χ1n) is 20.7. The molecule has 3 aliphatic carbocycles. The predicted octanol–water partition coefficient (Wildman–Crippen LogP) is 10.4. The third-order valence-electron chi connectivity index (χ3n) is 10.7. The summed E-state index contributed by atoms with van der Waals surface area (Å²) in [6.45, 7) is 7.13. The Labute approximate surface area is 304 Å². The summed E-state index contributed by atoms with van der Waals surface area (Å²) >= 11 is 2.01. The zero-order valence-electron chi connectivity index (χ0n) is 31.5. The van der Waals surface area contributed by atoms with Crippen molar-refractivity contribution in [3.05, 3.63) is 18.7 Å². The van der Waals surface area contributed by atoms with Crippen LogP contribution in [-0.4, -0.2) is 70.7 Å². The lowest BCUT2D eigenvalue weighted by Gasteiger charge is -2.61. The minimum atomic E-state index is -0.0597. The summed E-state index contributed by atoms with van der Waals surface area (Å²) in [5, 5.41) is 0. The van der Waals surface area contributed by atoms with Gasteiger partial charge >= 0.3 is 11.9 Å². The largest absolute Gasteiger partial charge is 0.466 e. The number of thioether (sulfide) groups is 1. The minimum absolute atomic E-state index is 0.0226. The van der Waals surface area contributed by atoms with E-state index in [1.807, 2.05) is 30.5 Å². The molecule has 0 radical (unpaired) electrons. The van der Waals surface area contributed by atoms with Crippen LogP contribution >= 0.6 is 11.8 Å². The van der Waals surface area contributed by atoms with Crippen LogP contribution in [0.3, 0.4) is 0 Å². The highest BCUT2D eigenvalue weighted by Crippen LogP contribution is 2.66. The van der Waals surface area contributed by atoms with Crippen molar-refractivity contribution in [3.8, 4) is 0 Å². The smallest absolute Gasteiger partial charge is 0.307 e. The Morgan fingerprint density at radius 1 is 0.714 bits per heavy atom. The van der Waals surface area contributed by atoms with E-state index in [-0.39, 0.29) is 11.9 Å². The molecule has 1 heterocycles. The predicted molar refractivity (Wildman–Crippen MR) is 205 cm³/mol. The topological polar surface area (TPSA) is 73.7 Å². The summed E-state index contributed by atoms with van der Waals surface area (Å²) in [5.74, 6) is 3.19. The molecule has 3 aliphatic rings. The Morgan fingerprint density at radius 3 is 1.92 bits per heavy atom. The number of ether oxygens (including phenoxy) is 2. The normalized spacial score (nSPS) is 18.0. The van der Waals surface area contributed by atoms with Gasteiger partial charge in [-0.05, 0) is 87.3 Å². The second-order valence-corrected chi connectivity index (χ2v) is 16.5. The summed E-state index contributed by atoms with van der Waals surface area (Å²) < 4.78 is 13.2. The van der Waals surface area contributed by atoms with Crippen molar-refractivity contribution >= 4 is 23.7 Å². The lowest BCUT2D eigenvalue weighted by molar-refractivity contribution is -0.164. The van der Waals surface area contributed by atoms with Gasteiger partial charge in [0.1, 0.15) is 0 Å². The minimum Gasteiger partial charge on any atom is -0.466 e. The second-order valence-electron chi connectivity index (χ2n) is 15.3. The Bertz CT molecular complexity index is 942. The molecule has 0 saturated heterocycles. The fraction of sp³-hybridized carbons (Fsp3) is 0.878. The Balaban J connectivity index is 1.11. The highest BCUT2D eigenvalue weighted by atomic mass is 32.2. The van der Waals surface area contributed by atoms with E-state index in [1.54, 1.807) is 0 Å². The van der Waals surface area contributed by atoms with E-state index in [0.29, 0.717) is 31.5 Å². The highest BCUT2D eigenvalue weighted by molar-refractivity contribution is 7.99. The molecule has 3 fully saturated rings. The van der Waals surface area contributed by atoms with Gasteiger partial charge < -0.3 is 18.9 Å². The van der Waals surface area contributed by atoms with Gasteiger partial charge in [0.25, 0.3) is 0 Å². The van der Waals surface area contributed by atoms with Crippen molar-refractivity contribution in [2.45, 2.75) is 174 Å². The van der Waals surface area contributed by atoms with Gasteiger partial charge in [-0.25, -0.2) is 4.98 Å². The molecule has 4 rings (SSSR count). The van der Waals surface area contributed by atoms with E-state index in [1.165, 1.54) is 121 Å².